The smallest absolute Gasteiger partial charge is 0.408 e. The summed E-state index contributed by atoms with van der Waals surface area (Å²) in [6.07, 6.45) is 17.2. The molecule has 2 unspecified atom stereocenters. The number of hydrogen-bond donors (Lipinski definition) is 3. The number of carboxylic acid groups (broad SMARTS) is 1. The second-order valence-electron chi connectivity index (χ2n) is 21.9. The van der Waals surface area contributed by atoms with Gasteiger partial charge in [-0.2, -0.15) is 0 Å². The fraction of sp³-hybridized carbons (Fsp3) is 0.826. The van der Waals surface area contributed by atoms with E-state index in [9.17, 15) is 23.1 Å². The largest absolute Gasteiger partial charge is 0.479 e. The SMILES string of the molecule is C=C(C)[C@@H]1CC[C@]2(NCCN3CCS(=O)(=O)CC3)CC[C@]3(C)[C@H](CC[C@@H]4[C@@]5(C)CC=C(C=CC6CC6(NC(=O)OC(C)(C)C)C(=O)O)C(C)(C)[C@@H]5CC[C@]43C)[C@@H]12. The Bertz CT molecular complexity index is 1770. The Hall–Kier alpha value is -2.17. The summed E-state index contributed by atoms with van der Waals surface area (Å²) in [6, 6.07) is 0. The van der Waals surface area contributed by atoms with Crippen LogP contribution in [0.15, 0.2) is 36.0 Å². The van der Waals surface area contributed by atoms with Gasteiger partial charge in [0.1, 0.15) is 11.1 Å². The molecule has 11 atom stereocenters. The highest BCUT2D eigenvalue weighted by atomic mass is 32.2. The molecular weight excluding hydrogens is 723 g/mol. The first kappa shape index (κ1) is 42.0. The summed E-state index contributed by atoms with van der Waals surface area (Å²) >= 11 is 0. The number of ether oxygens (including phenoxy) is 1. The number of allylic oxidation sites excluding steroid dienone is 4. The lowest BCUT2D eigenvalue weighted by Crippen LogP contribution is -2.68. The Morgan fingerprint density at radius 2 is 1.68 bits per heavy atom. The van der Waals surface area contributed by atoms with Crippen LogP contribution in [-0.2, 0) is 19.4 Å². The number of sulfone groups is 1. The number of carbonyl (C=O) groups is 2. The zero-order valence-corrected chi connectivity index (χ0v) is 36.9. The van der Waals surface area contributed by atoms with E-state index in [1.807, 2.05) is 6.08 Å². The molecule has 1 saturated heterocycles. The average molecular weight is 796 g/mol. The Labute approximate surface area is 338 Å². The van der Waals surface area contributed by atoms with E-state index < -0.39 is 33.0 Å². The van der Waals surface area contributed by atoms with Crippen molar-refractivity contribution in [2.45, 2.75) is 143 Å². The number of fused-ring (bicyclic) bond motifs is 7. The molecule has 0 aromatic rings. The molecule has 1 amide bonds. The minimum atomic E-state index is -2.88. The van der Waals surface area contributed by atoms with E-state index in [4.69, 9.17) is 4.74 Å². The Balaban J connectivity index is 1.09. The van der Waals surface area contributed by atoms with Gasteiger partial charge in [-0.15, -0.1) is 0 Å². The zero-order valence-electron chi connectivity index (χ0n) is 36.1. The summed E-state index contributed by atoms with van der Waals surface area (Å²) in [7, 11) is -2.88. The molecule has 0 aromatic carbocycles. The molecule has 3 N–H and O–H groups in total. The van der Waals surface area contributed by atoms with Gasteiger partial charge in [0.15, 0.2) is 9.84 Å². The van der Waals surface area contributed by atoms with Gasteiger partial charge in [0.2, 0.25) is 0 Å². The first-order valence-electron chi connectivity index (χ1n) is 21.9. The molecule has 56 heavy (non-hydrogen) atoms. The van der Waals surface area contributed by atoms with Crippen LogP contribution in [0.25, 0.3) is 0 Å². The predicted octanol–water partition coefficient (Wildman–Crippen LogP) is 8.18. The monoisotopic (exact) mass is 796 g/mol. The second kappa shape index (κ2) is 14.0. The first-order chi connectivity index (χ1) is 25.9. The van der Waals surface area contributed by atoms with Crippen LogP contribution in [0, 0.1) is 57.2 Å². The molecule has 0 radical (unpaired) electrons. The number of rotatable bonds is 9. The molecule has 1 heterocycles. The third-order valence-corrected chi connectivity index (χ3v) is 19.3. The van der Waals surface area contributed by atoms with Crippen LogP contribution in [0.4, 0.5) is 4.79 Å². The minimum Gasteiger partial charge on any atom is -0.479 e. The first-order valence-corrected chi connectivity index (χ1v) is 23.7. The van der Waals surface area contributed by atoms with E-state index in [-0.39, 0.29) is 44.6 Å². The van der Waals surface area contributed by atoms with Gasteiger partial charge in [-0.3, -0.25) is 0 Å². The molecule has 6 fully saturated rings. The number of hydrogen-bond acceptors (Lipinski definition) is 7. The van der Waals surface area contributed by atoms with Crippen molar-refractivity contribution in [1.29, 1.82) is 0 Å². The van der Waals surface area contributed by atoms with E-state index in [2.05, 4.69) is 75.8 Å². The molecule has 0 spiro atoms. The van der Waals surface area contributed by atoms with Crippen molar-refractivity contribution in [3.63, 3.8) is 0 Å². The summed E-state index contributed by atoms with van der Waals surface area (Å²) in [5, 5.41) is 17.0. The van der Waals surface area contributed by atoms with Crippen LogP contribution in [0.1, 0.15) is 127 Å². The van der Waals surface area contributed by atoms with Crippen molar-refractivity contribution in [2.24, 2.45) is 57.2 Å². The van der Waals surface area contributed by atoms with E-state index in [0.717, 1.165) is 19.5 Å². The van der Waals surface area contributed by atoms with Crippen molar-refractivity contribution >= 4 is 21.9 Å². The van der Waals surface area contributed by atoms with Gasteiger partial charge in [-0.05, 0) is 149 Å². The third kappa shape index (κ3) is 6.85. The van der Waals surface area contributed by atoms with Crippen molar-refractivity contribution < 1.29 is 27.9 Å². The van der Waals surface area contributed by atoms with Gasteiger partial charge in [0.05, 0.1) is 11.5 Å². The van der Waals surface area contributed by atoms with Crippen LogP contribution < -0.4 is 10.6 Å². The minimum absolute atomic E-state index is 0.0668. The predicted molar refractivity (Wildman–Crippen MR) is 223 cm³/mol. The van der Waals surface area contributed by atoms with Gasteiger partial charge in [0, 0.05) is 37.6 Å². The van der Waals surface area contributed by atoms with E-state index in [1.54, 1.807) is 20.8 Å². The topological polar surface area (TPSA) is 125 Å². The lowest BCUT2D eigenvalue weighted by molar-refractivity contribution is -0.221. The Morgan fingerprint density at radius 3 is 2.32 bits per heavy atom. The molecular formula is C46H73N3O6S. The molecule has 0 aromatic heterocycles. The van der Waals surface area contributed by atoms with Gasteiger partial charge in [0.25, 0.3) is 0 Å². The second-order valence-corrected chi connectivity index (χ2v) is 24.2. The highest BCUT2D eigenvalue weighted by Gasteiger charge is 2.70. The highest BCUT2D eigenvalue weighted by molar-refractivity contribution is 7.91. The van der Waals surface area contributed by atoms with Crippen LogP contribution in [0.3, 0.4) is 0 Å². The van der Waals surface area contributed by atoms with Gasteiger partial charge in [-0.25, -0.2) is 18.0 Å². The van der Waals surface area contributed by atoms with Gasteiger partial charge >= 0.3 is 12.1 Å². The highest BCUT2D eigenvalue weighted by Crippen LogP contribution is 2.76. The van der Waals surface area contributed by atoms with Crippen molar-refractivity contribution in [1.82, 2.24) is 15.5 Å². The standard InChI is InChI=1S/C46H73N3O6S/c1-30(2)33-16-20-45(47-23-24-49-25-27-56(53,54)28-26-49)22-21-43(9)34(37(33)45)13-14-36-42(8)18-15-31(41(6,7)35(42)17-19-44(36,43)10)11-12-32-29-46(32,38(50)51)48-39(52)55-40(3,4)5/h11-12,15,32-37,47H,1,13-14,16-29H2,2-10H3,(H,48,52)(H,50,51)/t32?,33-,34+,35-,36+,37+,42-,43+,44+,45-,46?/m0/s1. The molecule has 314 valence electrons. The molecule has 1 aliphatic heterocycles. The van der Waals surface area contributed by atoms with Crippen molar-refractivity contribution in [3.05, 3.63) is 36.0 Å². The summed E-state index contributed by atoms with van der Waals surface area (Å²) in [4.78, 5) is 27.3. The average Bonchev–Trinajstić information content (AvgIpc) is 3.64. The number of amides is 1. The number of alkyl carbamates (subject to hydrolysis) is 1. The van der Waals surface area contributed by atoms with Crippen molar-refractivity contribution in [2.75, 3.05) is 37.7 Å². The van der Waals surface area contributed by atoms with E-state index >= 15 is 0 Å². The fourth-order valence-electron chi connectivity index (χ4n) is 14.5. The molecule has 7 rings (SSSR count). The normalized spacial score (nSPS) is 44.1. The van der Waals surface area contributed by atoms with Crippen LogP contribution in [0.5, 0.6) is 0 Å². The number of carboxylic acids is 1. The Kier molecular flexibility index (Phi) is 10.5. The number of aliphatic carboxylic acids is 1. The molecule has 5 saturated carbocycles. The lowest BCUT2D eigenvalue weighted by atomic mass is 9.33. The van der Waals surface area contributed by atoms with Crippen molar-refractivity contribution in [3.8, 4) is 0 Å². The van der Waals surface area contributed by atoms with Crippen LogP contribution >= 0.6 is 0 Å². The fourth-order valence-corrected chi connectivity index (χ4v) is 15.7. The molecule has 7 aliphatic rings. The maximum absolute atomic E-state index is 12.6. The maximum Gasteiger partial charge on any atom is 0.408 e. The molecule has 0 bridgehead atoms. The van der Waals surface area contributed by atoms with E-state index in [0.29, 0.717) is 49.1 Å². The lowest BCUT2D eigenvalue weighted by Gasteiger charge is -2.72. The van der Waals surface area contributed by atoms with Crippen LogP contribution in [-0.4, -0.2) is 84.9 Å². The quantitative estimate of drug-likeness (QED) is 0.200. The molecule has 10 heteroatoms. The van der Waals surface area contributed by atoms with Gasteiger partial charge in [-0.1, -0.05) is 65.0 Å². The van der Waals surface area contributed by atoms with Gasteiger partial charge < -0.3 is 25.4 Å². The summed E-state index contributed by atoms with van der Waals surface area (Å²) < 4.78 is 29.5. The summed E-state index contributed by atoms with van der Waals surface area (Å²) in [6.45, 7) is 28.1. The number of carbonyl (C=O) groups excluding carboxylic acids is 1. The zero-order chi connectivity index (χ0) is 40.9. The Morgan fingerprint density at radius 1 is 0.982 bits per heavy atom. The number of nitrogens with one attached hydrogen (secondary N) is 2. The molecule has 9 nitrogen and oxygen atoms in total. The van der Waals surface area contributed by atoms with E-state index in [1.165, 1.54) is 62.5 Å². The summed E-state index contributed by atoms with van der Waals surface area (Å²) in [5.74, 6) is 2.17. The van der Waals surface area contributed by atoms with Crippen LogP contribution in [0.2, 0.25) is 0 Å². The third-order valence-electron chi connectivity index (χ3n) is 17.7. The summed E-state index contributed by atoms with van der Waals surface area (Å²) in [5.41, 5.74) is 1.31. The maximum atomic E-state index is 12.6. The number of nitrogens with zero attached hydrogens (tertiary/aromatic N) is 1. The molecule has 6 aliphatic carbocycles.